The van der Waals surface area contributed by atoms with Crippen LogP contribution in [0, 0.1) is 36.5 Å². The Morgan fingerprint density at radius 1 is 0.727 bits per heavy atom. The number of carbonyl (C=O) groups excluding carboxylic acids is 1. The average molecular weight is 749 g/mol. The van der Waals surface area contributed by atoms with Gasteiger partial charge in [0.15, 0.2) is 0 Å². The molecule has 6 rings (SSSR count). The smallest absolute Gasteiger partial charge is 0.336 e. The van der Waals surface area contributed by atoms with Crippen LogP contribution in [0.3, 0.4) is 0 Å². The monoisotopic (exact) mass is 748 g/mol. The van der Waals surface area contributed by atoms with Gasteiger partial charge in [-0.15, -0.1) is 0 Å². The van der Waals surface area contributed by atoms with Crippen molar-refractivity contribution in [3.05, 3.63) is 128 Å². The average Bonchev–Trinajstić information content (AvgIpc) is 3.20. The maximum atomic E-state index is 15.4. The van der Waals surface area contributed by atoms with Crippen LogP contribution < -0.4 is 16.8 Å². The van der Waals surface area contributed by atoms with Crippen molar-refractivity contribution in [2.75, 3.05) is 37.6 Å². The molecule has 9 nitrogen and oxygen atoms in total. The SMILES string of the molecule is CCc1cc(C)c(N)cc1C(=O)N1CCC(F)(c2ccc(C#N)cc2)CC1.CCc1cc(C)c(N)cc1C(=O)O.N#Cc1ccc(C2(F)CCNCC2)cc1. The van der Waals surface area contributed by atoms with E-state index < -0.39 is 17.3 Å². The fourth-order valence-electron chi connectivity index (χ4n) is 6.87. The van der Waals surface area contributed by atoms with E-state index in [1.54, 1.807) is 59.5 Å². The third-order valence-corrected chi connectivity index (χ3v) is 10.5. The fourth-order valence-corrected chi connectivity index (χ4v) is 6.87. The van der Waals surface area contributed by atoms with Crippen molar-refractivity contribution in [3.63, 3.8) is 0 Å². The minimum atomic E-state index is -1.47. The highest BCUT2D eigenvalue weighted by Gasteiger charge is 2.38. The molecule has 288 valence electrons. The molecule has 2 heterocycles. The van der Waals surface area contributed by atoms with E-state index in [-0.39, 0.29) is 18.7 Å². The van der Waals surface area contributed by atoms with Crippen molar-refractivity contribution < 1.29 is 23.5 Å². The molecule has 0 saturated carbocycles. The number of amides is 1. The molecular formula is C44H50F2N6O3. The third kappa shape index (κ3) is 10.3. The first-order valence-electron chi connectivity index (χ1n) is 18.6. The van der Waals surface area contributed by atoms with Crippen molar-refractivity contribution >= 4 is 23.3 Å². The van der Waals surface area contributed by atoms with Gasteiger partial charge in [0.25, 0.3) is 5.91 Å². The Morgan fingerprint density at radius 2 is 1.13 bits per heavy atom. The number of nitrogens with zero attached hydrogens (tertiary/aromatic N) is 3. The van der Waals surface area contributed by atoms with Gasteiger partial charge in [-0.05, 0) is 122 Å². The number of nitriles is 2. The minimum absolute atomic E-state index is 0.0829. The van der Waals surface area contributed by atoms with Gasteiger partial charge in [0, 0.05) is 42.9 Å². The molecule has 0 aromatic heterocycles. The predicted octanol–water partition coefficient (Wildman–Crippen LogP) is 8.06. The molecule has 1 amide bonds. The number of aryl methyl sites for hydroxylation is 4. The molecule has 0 bridgehead atoms. The molecule has 0 unspecified atom stereocenters. The van der Waals surface area contributed by atoms with Crippen molar-refractivity contribution in [1.29, 1.82) is 10.5 Å². The zero-order chi connectivity index (χ0) is 40.3. The normalized spacial score (nSPS) is 15.5. The number of anilines is 2. The van der Waals surface area contributed by atoms with Crippen molar-refractivity contribution in [2.24, 2.45) is 0 Å². The molecule has 11 heteroatoms. The quantitative estimate of drug-likeness (QED) is 0.144. The second-order valence-electron chi connectivity index (χ2n) is 14.1. The number of nitrogen functional groups attached to an aromatic ring is 2. The number of hydrogen-bond acceptors (Lipinski definition) is 7. The number of halogens is 2. The number of hydrogen-bond donors (Lipinski definition) is 4. The zero-order valence-corrected chi connectivity index (χ0v) is 32.0. The Labute approximate surface area is 322 Å². The number of aromatic carboxylic acids is 1. The van der Waals surface area contributed by atoms with E-state index in [1.807, 2.05) is 52.0 Å². The highest BCUT2D eigenvalue weighted by Crippen LogP contribution is 2.38. The van der Waals surface area contributed by atoms with E-state index in [0.29, 0.717) is 77.1 Å². The summed E-state index contributed by atoms with van der Waals surface area (Å²) in [5.74, 6) is -0.996. The second-order valence-corrected chi connectivity index (χ2v) is 14.1. The molecule has 2 aliphatic heterocycles. The lowest BCUT2D eigenvalue weighted by Gasteiger charge is -2.37. The zero-order valence-electron chi connectivity index (χ0n) is 32.0. The molecule has 4 aromatic rings. The van der Waals surface area contributed by atoms with Gasteiger partial charge in [-0.25, -0.2) is 13.6 Å². The van der Waals surface area contributed by atoms with Gasteiger partial charge >= 0.3 is 5.97 Å². The van der Waals surface area contributed by atoms with Crippen molar-refractivity contribution in [2.45, 2.75) is 77.6 Å². The van der Waals surface area contributed by atoms with Gasteiger partial charge in [0.2, 0.25) is 0 Å². The number of carboxylic acids is 1. The van der Waals surface area contributed by atoms with Crippen LogP contribution in [-0.4, -0.2) is 48.1 Å². The molecular weight excluding hydrogens is 699 g/mol. The van der Waals surface area contributed by atoms with E-state index in [1.165, 1.54) is 6.07 Å². The molecule has 0 radical (unpaired) electrons. The van der Waals surface area contributed by atoms with Crippen LogP contribution in [0.1, 0.15) is 105 Å². The van der Waals surface area contributed by atoms with E-state index in [0.717, 1.165) is 41.8 Å². The lowest BCUT2D eigenvalue weighted by atomic mass is 9.85. The second kappa shape index (κ2) is 18.5. The maximum absolute atomic E-state index is 15.4. The van der Waals surface area contributed by atoms with Crippen LogP contribution in [-0.2, 0) is 24.2 Å². The van der Waals surface area contributed by atoms with Crippen LogP contribution in [0.15, 0.2) is 72.8 Å². The van der Waals surface area contributed by atoms with Crippen LogP contribution in [0.5, 0.6) is 0 Å². The van der Waals surface area contributed by atoms with Gasteiger partial charge in [-0.2, -0.15) is 10.5 Å². The summed E-state index contributed by atoms with van der Waals surface area (Å²) < 4.78 is 29.8. The van der Waals surface area contributed by atoms with Gasteiger partial charge < -0.3 is 26.8 Å². The molecule has 2 aliphatic rings. The molecule has 2 fully saturated rings. The number of benzene rings is 4. The van der Waals surface area contributed by atoms with Crippen molar-refractivity contribution in [3.8, 4) is 12.1 Å². The Bertz CT molecular complexity index is 2060. The summed E-state index contributed by atoms with van der Waals surface area (Å²) in [6.45, 7) is 9.89. The topological polar surface area (TPSA) is 169 Å². The highest BCUT2D eigenvalue weighted by atomic mass is 19.1. The number of piperidine rings is 2. The molecule has 55 heavy (non-hydrogen) atoms. The number of carbonyl (C=O) groups is 2. The van der Waals surface area contributed by atoms with Gasteiger partial charge in [0.05, 0.1) is 28.8 Å². The van der Waals surface area contributed by atoms with Gasteiger partial charge in [-0.1, -0.05) is 50.2 Å². The predicted molar refractivity (Wildman–Crippen MR) is 212 cm³/mol. The lowest BCUT2D eigenvalue weighted by molar-refractivity contribution is 0.0420. The van der Waals surface area contributed by atoms with Crippen molar-refractivity contribution in [1.82, 2.24) is 10.2 Å². The van der Waals surface area contributed by atoms with Crippen LogP contribution in [0.2, 0.25) is 0 Å². The summed E-state index contributed by atoms with van der Waals surface area (Å²) in [5.41, 5.74) is 17.1. The number of nitrogens with two attached hydrogens (primary N) is 2. The Balaban J connectivity index is 0.000000202. The van der Waals surface area contributed by atoms with Crippen LogP contribution >= 0.6 is 0 Å². The lowest BCUT2D eigenvalue weighted by Crippen LogP contribution is -2.43. The summed E-state index contributed by atoms with van der Waals surface area (Å²) in [6.07, 6.45) is 2.97. The number of likely N-dealkylation sites (tertiary alicyclic amines) is 1. The van der Waals surface area contributed by atoms with Gasteiger partial charge in [-0.3, -0.25) is 4.79 Å². The van der Waals surface area contributed by atoms with E-state index in [4.69, 9.17) is 27.1 Å². The summed E-state index contributed by atoms with van der Waals surface area (Å²) in [7, 11) is 0. The first-order chi connectivity index (χ1) is 26.2. The van der Waals surface area contributed by atoms with E-state index in [9.17, 15) is 14.0 Å². The number of carboxylic acid groups (broad SMARTS) is 1. The molecule has 0 aliphatic carbocycles. The minimum Gasteiger partial charge on any atom is -0.478 e. The van der Waals surface area contributed by atoms with Crippen LogP contribution in [0.4, 0.5) is 20.2 Å². The number of alkyl halides is 2. The van der Waals surface area contributed by atoms with E-state index in [2.05, 4.69) is 5.32 Å². The van der Waals surface area contributed by atoms with E-state index >= 15 is 4.39 Å². The third-order valence-electron chi connectivity index (χ3n) is 10.5. The summed E-state index contributed by atoms with van der Waals surface area (Å²) >= 11 is 0. The molecule has 4 aromatic carbocycles. The maximum Gasteiger partial charge on any atom is 0.336 e. The Kier molecular flexibility index (Phi) is 14.1. The molecule has 2 saturated heterocycles. The number of rotatable bonds is 6. The van der Waals surface area contributed by atoms with Crippen LogP contribution in [0.25, 0.3) is 0 Å². The summed E-state index contributed by atoms with van der Waals surface area (Å²) in [5, 5.41) is 29.5. The molecule has 0 atom stereocenters. The molecule has 6 N–H and O–H groups in total. The summed E-state index contributed by atoms with van der Waals surface area (Å²) in [6, 6.07) is 24.6. The Hall–Kier alpha value is -5.78. The standard InChI is InChI=1S/C22H24FN3O.C12H13FN2.C10H13NO2/c1-3-17-12-15(2)20(25)13-19(17)21(27)26-10-8-22(23,9-11-26)18-6-4-16(14-24)5-7-18;13-12(5-7-15-8-6-12)11-3-1-10(9-14)2-4-11;1-3-7-4-6(2)9(11)5-8(7)10(12)13/h4-7,12-13H,3,8-11,25H2,1-2H3;1-4,15H,5-8H2;4-5H,3,11H2,1-2H3,(H,12,13). The van der Waals surface area contributed by atoms with Gasteiger partial charge in [0.1, 0.15) is 11.3 Å². The first-order valence-corrected chi connectivity index (χ1v) is 18.6. The number of nitrogens with one attached hydrogen (secondary N) is 1. The first kappa shape index (κ1) is 42.0. The largest absolute Gasteiger partial charge is 0.478 e. The fraction of sp³-hybridized carbons (Fsp3) is 0.364. The Morgan fingerprint density at radius 3 is 1.53 bits per heavy atom. The molecule has 0 spiro atoms. The highest BCUT2D eigenvalue weighted by molar-refractivity contribution is 5.97. The summed E-state index contributed by atoms with van der Waals surface area (Å²) in [4.78, 5) is 25.5.